The van der Waals surface area contributed by atoms with Crippen molar-refractivity contribution in [3.63, 3.8) is 0 Å². The van der Waals surface area contributed by atoms with Crippen LogP contribution < -0.4 is 5.32 Å². The second-order valence-electron chi connectivity index (χ2n) is 4.63. The van der Waals surface area contributed by atoms with Crippen LogP contribution in [0.15, 0.2) is 4.99 Å². The van der Waals surface area contributed by atoms with E-state index in [0.29, 0.717) is 0 Å². The highest BCUT2D eigenvalue weighted by Gasteiger charge is 2.31. The molecule has 3 heteroatoms. The van der Waals surface area contributed by atoms with Crippen LogP contribution in [0.5, 0.6) is 0 Å². The van der Waals surface area contributed by atoms with Crippen LogP contribution in [0.1, 0.15) is 34.1 Å². The monoisotopic (exact) mass is 213 g/mol. The lowest BCUT2D eigenvalue weighted by atomic mass is 9.97. The molecule has 1 aliphatic rings. The summed E-state index contributed by atoms with van der Waals surface area (Å²) < 4.78 is 0. The van der Waals surface area contributed by atoms with E-state index in [1.807, 2.05) is 7.05 Å². The molecule has 0 bridgehead atoms. The average Bonchev–Trinajstić information content (AvgIpc) is 2.19. The van der Waals surface area contributed by atoms with Crippen molar-refractivity contribution in [2.75, 3.05) is 26.7 Å². The van der Waals surface area contributed by atoms with E-state index in [9.17, 15) is 0 Å². The standard InChI is InChI=1S/C11H23N3.CH4/c1-10(2)9-14-7-5-11(12-3,13-4)6-8-14;/h10,13H,3,5-9H2,1-2,4H3;1H4. The number of rotatable bonds is 4. The molecule has 3 nitrogen and oxygen atoms in total. The van der Waals surface area contributed by atoms with Gasteiger partial charge >= 0.3 is 0 Å². The van der Waals surface area contributed by atoms with Gasteiger partial charge in [0.2, 0.25) is 0 Å². The van der Waals surface area contributed by atoms with E-state index in [1.54, 1.807) is 0 Å². The molecule has 0 spiro atoms. The molecule has 1 saturated heterocycles. The highest BCUT2D eigenvalue weighted by Crippen LogP contribution is 2.23. The van der Waals surface area contributed by atoms with Gasteiger partial charge in [0.05, 0.1) is 0 Å². The molecule has 0 aromatic heterocycles. The first kappa shape index (κ1) is 14.6. The first-order valence-electron chi connectivity index (χ1n) is 5.51. The Morgan fingerprint density at radius 3 is 2.27 bits per heavy atom. The molecule has 1 fully saturated rings. The summed E-state index contributed by atoms with van der Waals surface area (Å²) in [4.78, 5) is 6.74. The molecule has 1 aliphatic heterocycles. The maximum Gasteiger partial charge on any atom is 0.112 e. The van der Waals surface area contributed by atoms with Crippen LogP contribution in [-0.2, 0) is 0 Å². The topological polar surface area (TPSA) is 27.6 Å². The Balaban J connectivity index is 0.00000196. The summed E-state index contributed by atoms with van der Waals surface area (Å²) in [5.74, 6) is 0.758. The maximum atomic E-state index is 4.22. The summed E-state index contributed by atoms with van der Waals surface area (Å²) in [5.41, 5.74) is -0.0481. The van der Waals surface area contributed by atoms with Gasteiger partial charge in [0.25, 0.3) is 0 Å². The molecule has 1 heterocycles. The zero-order chi connectivity index (χ0) is 10.6. The predicted octanol–water partition coefficient (Wildman–Crippen LogP) is 1.99. The van der Waals surface area contributed by atoms with E-state index >= 15 is 0 Å². The third-order valence-electron chi connectivity index (χ3n) is 3.07. The molecule has 15 heavy (non-hydrogen) atoms. The summed E-state index contributed by atoms with van der Waals surface area (Å²) in [5, 5.41) is 3.29. The lowest BCUT2D eigenvalue weighted by Crippen LogP contribution is -2.51. The van der Waals surface area contributed by atoms with Crippen LogP contribution in [0.4, 0.5) is 0 Å². The van der Waals surface area contributed by atoms with Gasteiger partial charge in [0.15, 0.2) is 0 Å². The molecule has 90 valence electrons. The summed E-state index contributed by atoms with van der Waals surface area (Å²) >= 11 is 0. The van der Waals surface area contributed by atoms with Crippen molar-refractivity contribution >= 4 is 6.72 Å². The van der Waals surface area contributed by atoms with Crippen molar-refractivity contribution < 1.29 is 0 Å². The number of hydrogen-bond donors (Lipinski definition) is 1. The minimum absolute atomic E-state index is 0. The van der Waals surface area contributed by atoms with Crippen LogP contribution in [0, 0.1) is 5.92 Å². The Labute approximate surface area is 95.0 Å². The van der Waals surface area contributed by atoms with Crippen LogP contribution in [0.3, 0.4) is 0 Å². The van der Waals surface area contributed by atoms with E-state index < -0.39 is 0 Å². The highest BCUT2D eigenvalue weighted by molar-refractivity contribution is 5.26. The fraction of sp³-hybridized carbons (Fsp3) is 0.917. The Kier molecular flexibility index (Phi) is 6.06. The summed E-state index contributed by atoms with van der Waals surface area (Å²) in [7, 11) is 1.98. The third-order valence-corrected chi connectivity index (χ3v) is 3.07. The zero-order valence-corrected chi connectivity index (χ0v) is 9.71. The molecule has 1 rings (SSSR count). The fourth-order valence-corrected chi connectivity index (χ4v) is 2.11. The van der Waals surface area contributed by atoms with E-state index in [4.69, 9.17) is 0 Å². The second kappa shape index (κ2) is 6.23. The molecule has 0 aromatic carbocycles. The van der Waals surface area contributed by atoms with E-state index in [-0.39, 0.29) is 13.1 Å². The highest BCUT2D eigenvalue weighted by atomic mass is 15.2. The van der Waals surface area contributed by atoms with Crippen molar-refractivity contribution in [2.45, 2.75) is 39.8 Å². The summed E-state index contributed by atoms with van der Waals surface area (Å²) in [6, 6.07) is 0. The van der Waals surface area contributed by atoms with E-state index in [2.05, 4.69) is 35.8 Å². The lowest BCUT2D eigenvalue weighted by Gasteiger charge is -2.39. The number of piperidine rings is 1. The third kappa shape index (κ3) is 3.92. The van der Waals surface area contributed by atoms with Gasteiger partial charge in [-0.3, -0.25) is 10.3 Å². The fourth-order valence-electron chi connectivity index (χ4n) is 2.11. The van der Waals surface area contributed by atoms with Crippen LogP contribution in [0.25, 0.3) is 0 Å². The van der Waals surface area contributed by atoms with Crippen LogP contribution in [-0.4, -0.2) is 44.0 Å². The van der Waals surface area contributed by atoms with Crippen LogP contribution in [0.2, 0.25) is 0 Å². The minimum Gasteiger partial charge on any atom is -0.303 e. The lowest BCUT2D eigenvalue weighted by molar-refractivity contribution is 0.135. The van der Waals surface area contributed by atoms with Crippen molar-refractivity contribution in [2.24, 2.45) is 10.9 Å². The molecule has 0 atom stereocenters. The normalized spacial score (nSPS) is 21.1. The predicted molar refractivity (Wildman–Crippen MR) is 68.6 cm³/mol. The average molecular weight is 213 g/mol. The van der Waals surface area contributed by atoms with Gasteiger partial charge in [0, 0.05) is 19.6 Å². The first-order chi connectivity index (χ1) is 6.62. The Morgan fingerprint density at radius 1 is 1.40 bits per heavy atom. The Morgan fingerprint density at radius 2 is 1.93 bits per heavy atom. The number of aliphatic imine (C=N–C) groups is 1. The summed E-state index contributed by atoms with van der Waals surface area (Å²) in [6.07, 6.45) is 2.17. The number of nitrogens with zero attached hydrogens (tertiary/aromatic N) is 2. The van der Waals surface area contributed by atoms with Gasteiger partial charge in [0.1, 0.15) is 5.66 Å². The second-order valence-corrected chi connectivity index (χ2v) is 4.63. The van der Waals surface area contributed by atoms with Crippen molar-refractivity contribution in [3.05, 3.63) is 0 Å². The molecular weight excluding hydrogens is 186 g/mol. The van der Waals surface area contributed by atoms with Gasteiger partial charge in [-0.25, -0.2) is 0 Å². The largest absolute Gasteiger partial charge is 0.303 e. The van der Waals surface area contributed by atoms with Crippen LogP contribution >= 0.6 is 0 Å². The van der Waals surface area contributed by atoms with Gasteiger partial charge in [-0.2, -0.15) is 0 Å². The Hall–Kier alpha value is -0.410. The van der Waals surface area contributed by atoms with Gasteiger partial charge in [-0.05, 0) is 32.5 Å². The molecule has 0 saturated carbocycles. The summed E-state index contributed by atoms with van der Waals surface area (Å²) in [6.45, 7) is 11.7. The molecule has 0 aliphatic carbocycles. The number of hydrogen-bond acceptors (Lipinski definition) is 3. The van der Waals surface area contributed by atoms with E-state index in [0.717, 1.165) is 31.8 Å². The first-order valence-corrected chi connectivity index (χ1v) is 5.51. The van der Waals surface area contributed by atoms with Crippen molar-refractivity contribution in [1.82, 2.24) is 10.2 Å². The number of nitrogens with one attached hydrogen (secondary N) is 1. The number of likely N-dealkylation sites (tertiary alicyclic amines) is 1. The maximum absolute atomic E-state index is 4.22. The molecule has 0 aromatic rings. The quantitative estimate of drug-likeness (QED) is 0.723. The Bertz CT molecular complexity index is 181. The van der Waals surface area contributed by atoms with Gasteiger partial charge in [-0.15, -0.1) is 0 Å². The molecular formula is C12H27N3. The smallest absolute Gasteiger partial charge is 0.112 e. The zero-order valence-electron chi connectivity index (χ0n) is 9.71. The van der Waals surface area contributed by atoms with Gasteiger partial charge < -0.3 is 4.90 Å². The molecule has 0 radical (unpaired) electrons. The molecule has 0 amide bonds. The van der Waals surface area contributed by atoms with E-state index in [1.165, 1.54) is 6.54 Å². The van der Waals surface area contributed by atoms with Crippen molar-refractivity contribution in [1.29, 1.82) is 0 Å². The van der Waals surface area contributed by atoms with Crippen molar-refractivity contribution in [3.8, 4) is 0 Å². The SMILES string of the molecule is C.C=NC1(NC)CCN(CC(C)C)CC1. The van der Waals surface area contributed by atoms with Gasteiger partial charge in [-0.1, -0.05) is 21.3 Å². The minimum atomic E-state index is -0.0481. The molecule has 0 unspecified atom stereocenters. The molecule has 1 N–H and O–H groups in total.